The number of nitrogens with two attached hydrogens (primary N) is 1. The lowest BCUT2D eigenvalue weighted by Crippen LogP contribution is -2.05. The molecule has 16 heavy (non-hydrogen) atoms. The summed E-state index contributed by atoms with van der Waals surface area (Å²) in [4.78, 5) is 0. The van der Waals surface area contributed by atoms with E-state index in [1.165, 1.54) is 6.07 Å². The van der Waals surface area contributed by atoms with E-state index in [9.17, 15) is 4.39 Å². The highest BCUT2D eigenvalue weighted by Gasteiger charge is 2.10. The first-order valence-electron chi connectivity index (χ1n) is 5.13. The first kappa shape index (κ1) is 10.8. The van der Waals surface area contributed by atoms with Gasteiger partial charge in [-0.05, 0) is 30.7 Å². The predicted molar refractivity (Wildman–Crippen MR) is 61.2 cm³/mol. The van der Waals surface area contributed by atoms with Gasteiger partial charge in [-0.25, -0.2) is 4.39 Å². The molecule has 1 heterocycles. The molecule has 1 atom stereocenters. The molecule has 0 aliphatic heterocycles. The summed E-state index contributed by atoms with van der Waals surface area (Å²) in [6, 6.07) is 6.56. The molecule has 0 aliphatic rings. The molecule has 0 radical (unpaired) electrons. The van der Waals surface area contributed by atoms with E-state index >= 15 is 0 Å². The van der Waals surface area contributed by atoms with Crippen LogP contribution in [0, 0.1) is 5.82 Å². The fraction of sp³-hybridized carbons (Fsp3) is 0.250. The lowest BCUT2D eigenvalue weighted by atomic mass is 10.0. The summed E-state index contributed by atoms with van der Waals surface area (Å²) in [5.41, 5.74) is 7.80. The van der Waals surface area contributed by atoms with Crippen molar-refractivity contribution in [3.8, 4) is 11.3 Å². The van der Waals surface area contributed by atoms with E-state index in [1.807, 2.05) is 6.92 Å². The minimum absolute atomic E-state index is 0.108. The Morgan fingerprint density at radius 3 is 2.69 bits per heavy atom. The second kappa shape index (κ2) is 4.06. The van der Waals surface area contributed by atoms with Crippen molar-refractivity contribution in [2.45, 2.75) is 13.0 Å². The summed E-state index contributed by atoms with van der Waals surface area (Å²) in [7, 11) is 1.80. The van der Waals surface area contributed by atoms with Gasteiger partial charge in [0.1, 0.15) is 5.82 Å². The molecule has 0 saturated heterocycles. The third-order valence-corrected chi connectivity index (χ3v) is 2.51. The van der Waals surface area contributed by atoms with Gasteiger partial charge in [0.05, 0.1) is 5.69 Å². The monoisotopic (exact) mass is 219 g/mol. The van der Waals surface area contributed by atoms with Gasteiger partial charge in [-0.3, -0.25) is 4.68 Å². The number of hydrogen-bond donors (Lipinski definition) is 1. The lowest BCUT2D eigenvalue weighted by molar-refractivity contribution is 0.628. The maximum Gasteiger partial charge on any atom is 0.132 e. The molecule has 0 aliphatic carbocycles. The molecule has 0 fully saturated rings. The first-order valence-corrected chi connectivity index (χ1v) is 5.13. The number of aromatic nitrogens is 2. The first-order chi connectivity index (χ1) is 7.58. The Labute approximate surface area is 93.7 Å². The van der Waals surface area contributed by atoms with Crippen molar-refractivity contribution < 1.29 is 4.39 Å². The van der Waals surface area contributed by atoms with E-state index in [-0.39, 0.29) is 11.9 Å². The number of nitrogens with zero attached hydrogens (tertiary/aromatic N) is 2. The minimum Gasteiger partial charge on any atom is -0.324 e. The largest absolute Gasteiger partial charge is 0.324 e. The van der Waals surface area contributed by atoms with E-state index in [4.69, 9.17) is 5.73 Å². The summed E-state index contributed by atoms with van der Waals surface area (Å²) < 4.78 is 15.3. The van der Waals surface area contributed by atoms with Crippen LogP contribution in [0.1, 0.15) is 18.5 Å². The van der Waals surface area contributed by atoms with E-state index in [1.54, 1.807) is 36.1 Å². The third-order valence-electron chi connectivity index (χ3n) is 2.51. The molecule has 0 spiro atoms. The second-order valence-electron chi connectivity index (χ2n) is 3.90. The van der Waals surface area contributed by atoms with Crippen molar-refractivity contribution in [1.29, 1.82) is 0 Å². The quantitative estimate of drug-likeness (QED) is 0.841. The van der Waals surface area contributed by atoms with Crippen molar-refractivity contribution in [2.75, 3.05) is 0 Å². The Kier molecular flexibility index (Phi) is 2.75. The normalized spacial score (nSPS) is 12.8. The zero-order valence-electron chi connectivity index (χ0n) is 9.31. The molecule has 3 nitrogen and oxygen atoms in total. The lowest BCUT2D eigenvalue weighted by Gasteiger charge is -2.07. The molecule has 84 valence electrons. The Morgan fingerprint density at radius 1 is 1.38 bits per heavy atom. The van der Waals surface area contributed by atoms with Gasteiger partial charge in [0.15, 0.2) is 0 Å². The van der Waals surface area contributed by atoms with Crippen molar-refractivity contribution in [3.05, 3.63) is 41.8 Å². The summed E-state index contributed by atoms with van der Waals surface area (Å²) in [6.45, 7) is 1.87. The molecule has 1 aromatic carbocycles. The molecule has 2 rings (SSSR count). The average Bonchev–Trinajstić information content (AvgIpc) is 2.65. The van der Waals surface area contributed by atoms with Crippen LogP contribution in [-0.2, 0) is 7.05 Å². The molecule has 4 heteroatoms. The zero-order valence-corrected chi connectivity index (χ0v) is 9.31. The highest BCUT2D eigenvalue weighted by atomic mass is 19.1. The summed E-state index contributed by atoms with van der Waals surface area (Å²) >= 11 is 0. The van der Waals surface area contributed by atoms with Gasteiger partial charge in [-0.1, -0.05) is 6.07 Å². The van der Waals surface area contributed by atoms with E-state index < -0.39 is 0 Å². The molecule has 2 N–H and O–H groups in total. The molecular formula is C12H14FN3. The standard InChI is InChI=1S/C12H14FN3/c1-8(14)9-3-4-11(13)10(7-9)12-5-6-16(2)15-12/h3-8H,14H2,1-2H3. The van der Waals surface area contributed by atoms with Crippen molar-refractivity contribution >= 4 is 0 Å². The summed E-state index contributed by atoms with van der Waals surface area (Å²) in [5.74, 6) is -0.275. The zero-order chi connectivity index (χ0) is 11.7. The topological polar surface area (TPSA) is 43.8 Å². The molecule has 2 aromatic rings. The fourth-order valence-electron chi connectivity index (χ4n) is 1.58. The Morgan fingerprint density at radius 2 is 2.12 bits per heavy atom. The maximum atomic E-state index is 13.6. The molecule has 1 unspecified atom stereocenters. The van der Waals surface area contributed by atoms with Crippen LogP contribution in [0.25, 0.3) is 11.3 Å². The predicted octanol–water partition coefficient (Wildman–Crippen LogP) is 2.25. The van der Waals surface area contributed by atoms with Crippen LogP contribution < -0.4 is 5.73 Å². The van der Waals surface area contributed by atoms with Crippen LogP contribution in [0.3, 0.4) is 0 Å². The van der Waals surface area contributed by atoms with Gasteiger partial charge in [-0.15, -0.1) is 0 Å². The van der Waals surface area contributed by atoms with Gasteiger partial charge in [-0.2, -0.15) is 5.10 Å². The molecule has 1 aromatic heterocycles. The summed E-state index contributed by atoms with van der Waals surface area (Å²) in [6.07, 6.45) is 1.79. The SMILES string of the molecule is CC(N)c1ccc(F)c(-c2ccn(C)n2)c1. The number of hydrogen-bond acceptors (Lipinski definition) is 2. The van der Waals surface area contributed by atoms with E-state index in [0.717, 1.165) is 5.56 Å². The summed E-state index contributed by atoms with van der Waals surface area (Å²) in [5, 5.41) is 4.18. The van der Waals surface area contributed by atoms with Crippen LogP contribution >= 0.6 is 0 Å². The highest BCUT2D eigenvalue weighted by molar-refractivity contribution is 5.60. The van der Waals surface area contributed by atoms with Gasteiger partial charge in [0.25, 0.3) is 0 Å². The minimum atomic E-state index is -0.275. The Bertz CT molecular complexity index is 503. The third kappa shape index (κ3) is 1.97. The number of benzene rings is 1. The Balaban J connectivity index is 2.51. The van der Waals surface area contributed by atoms with Gasteiger partial charge >= 0.3 is 0 Å². The van der Waals surface area contributed by atoms with Crippen LogP contribution in [0.5, 0.6) is 0 Å². The number of rotatable bonds is 2. The van der Waals surface area contributed by atoms with Crippen molar-refractivity contribution in [3.63, 3.8) is 0 Å². The molecular weight excluding hydrogens is 205 g/mol. The van der Waals surface area contributed by atoms with Crippen molar-refractivity contribution in [1.82, 2.24) is 9.78 Å². The smallest absolute Gasteiger partial charge is 0.132 e. The van der Waals surface area contributed by atoms with Gasteiger partial charge < -0.3 is 5.73 Å². The fourth-order valence-corrected chi connectivity index (χ4v) is 1.58. The molecule has 0 bridgehead atoms. The van der Waals surface area contributed by atoms with Gasteiger partial charge in [0, 0.05) is 24.8 Å². The molecule has 0 saturated carbocycles. The highest BCUT2D eigenvalue weighted by Crippen LogP contribution is 2.24. The van der Waals surface area contributed by atoms with E-state index in [0.29, 0.717) is 11.3 Å². The Hall–Kier alpha value is -1.68. The average molecular weight is 219 g/mol. The van der Waals surface area contributed by atoms with Crippen LogP contribution in [0.15, 0.2) is 30.5 Å². The maximum absolute atomic E-state index is 13.6. The second-order valence-corrected chi connectivity index (χ2v) is 3.90. The van der Waals surface area contributed by atoms with Crippen LogP contribution in [-0.4, -0.2) is 9.78 Å². The number of halogens is 1. The van der Waals surface area contributed by atoms with E-state index in [2.05, 4.69) is 5.10 Å². The van der Waals surface area contributed by atoms with Gasteiger partial charge in [0.2, 0.25) is 0 Å². The van der Waals surface area contributed by atoms with Crippen LogP contribution in [0.2, 0.25) is 0 Å². The van der Waals surface area contributed by atoms with Crippen molar-refractivity contribution in [2.24, 2.45) is 12.8 Å². The molecule has 0 amide bonds. The number of aryl methyl sites for hydroxylation is 1. The van der Waals surface area contributed by atoms with Crippen LogP contribution in [0.4, 0.5) is 4.39 Å².